The standard InChI is InChI=1S/C16H22N2O3/c1-11(2)12-6-3-4-7-13(12)17-15(19)10-18-9-5-8-14(18)16(20)21/h3-4,6-7,11,14H,5,8-10H2,1-2H3,(H,17,19)(H,20,21)/t14-/m0/s1. The number of hydrogen-bond donors (Lipinski definition) is 2. The number of benzene rings is 1. The normalized spacial score (nSPS) is 18.9. The van der Waals surface area contributed by atoms with Gasteiger partial charge >= 0.3 is 5.97 Å². The van der Waals surface area contributed by atoms with E-state index in [0.29, 0.717) is 18.9 Å². The van der Waals surface area contributed by atoms with Gasteiger partial charge in [-0.1, -0.05) is 32.0 Å². The molecule has 1 heterocycles. The van der Waals surface area contributed by atoms with E-state index in [1.165, 1.54) is 0 Å². The second kappa shape index (κ2) is 6.72. The molecule has 1 aromatic rings. The largest absolute Gasteiger partial charge is 0.480 e. The minimum Gasteiger partial charge on any atom is -0.480 e. The van der Waals surface area contributed by atoms with Crippen LogP contribution in [0.2, 0.25) is 0 Å². The van der Waals surface area contributed by atoms with Crippen molar-refractivity contribution < 1.29 is 14.7 Å². The molecule has 1 atom stereocenters. The number of rotatable bonds is 5. The van der Waals surface area contributed by atoms with E-state index >= 15 is 0 Å². The van der Waals surface area contributed by atoms with Crippen LogP contribution in [0, 0.1) is 0 Å². The highest BCUT2D eigenvalue weighted by Gasteiger charge is 2.31. The Morgan fingerprint density at radius 2 is 2.10 bits per heavy atom. The fourth-order valence-electron chi connectivity index (χ4n) is 2.78. The molecule has 0 bridgehead atoms. The van der Waals surface area contributed by atoms with Gasteiger partial charge in [0, 0.05) is 5.69 Å². The quantitative estimate of drug-likeness (QED) is 0.873. The molecule has 21 heavy (non-hydrogen) atoms. The summed E-state index contributed by atoms with van der Waals surface area (Å²) in [5, 5.41) is 12.0. The number of aliphatic carboxylic acids is 1. The van der Waals surface area contributed by atoms with Gasteiger partial charge < -0.3 is 10.4 Å². The molecule has 5 heteroatoms. The van der Waals surface area contributed by atoms with E-state index in [2.05, 4.69) is 19.2 Å². The van der Waals surface area contributed by atoms with E-state index in [9.17, 15) is 9.59 Å². The maximum atomic E-state index is 12.2. The van der Waals surface area contributed by atoms with Crippen LogP contribution < -0.4 is 5.32 Å². The second-order valence-electron chi connectivity index (χ2n) is 5.76. The fourth-order valence-corrected chi connectivity index (χ4v) is 2.78. The fraction of sp³-hybridized carbons (Fsp3) is 0.500. The minimum atomic E-state index is -0.845. The Morgan fingerprint density at radius 3 is 2.76 bits per heavy atom. The third-order valence-corrected chi connectivity index (χ3v) is 3.85. The van der Waals surface area contributed by atoms with Crippen molar-refractivity contribution in [2.24, 2.45) is 0 Å². The van der Waals surface area contributed by atoms with Crippen molar-refractivity contribution in [2.75, 3.05) is 18.4 Å². The molecule has 0 unspecified atom stereocenters. The summed E-state index contributed by atoms with van der Waals surface area (Å²) >= 11 is 0. The number of carboxylic acids is 1. The van der Waals surface area contributed by atoms with Gasteiger partial charge in [0.15, 0.2) is 0 Å². The summed E-state index contributed by atoms with van der Waals surface area (Å²) < 4.78 is 0. The first-order valence-electron chi connectivity index (χ1n) is 7.34. The molecular weight excluding hydrogens is 268 g/mol. The summed E-state index contributed by atoms with van der Waals surface area (Å²) in [6, 6.07) is 7.18. The number of carboxylic acid groups (broad SMARTS) is 1. The van der Waals surface area contributed by atoms with Crippen molar-refractivity contribution >= 4 is 17.6 Å². The third kappa shape index (κ3) is 3.82. The summed E-state index contributed by atoms with van der Waals surface area (Å²) in [7, 11) is 0. The zero-order chi connectivity index (χ0) is 15.4. The predicted octanol–water partition coefficient (Wildman–Crippen LogP) is 2.30. The van der Waals surface area contributed by atoms with Gasteiger partial charge in [-0.2, -0.15) is 0 Å². The van der Waals surface area contributed by atoms with Crippen LogP contribution in [-0.4, -0.2) is 41.0 Å². The maximum Gasteiger partial charge on any atom is 0.320 e. The number of nitrogens with one attached hydrogen (secondary N) is 1. The summed E-state index contributed by atoms with van der Waals surface area (Å²) in [5.74, 6) is -0.681. The molecule has 5 nitrogen and oxygen atoms in total. The third-order valence-electron chi connectivity index (χ3n) is 3.85. The molecule has 2 rings (SSSR count). The molecule has 0 aliphatic carbocycles. The molecule has 1 aliphatic heterocycles. The Hall–Kier alpha value is -1.88. The summed E-state index contributed by atoms with van der Waals surface area (Å²) in [5.41, 5.74) is 1.89. The Labute approximate surface area is 125 Å². The monoisotopic (exact) mass is 290 g/mol. The number of carbonyl (C=O) groups excluding carboxylic acids is 1. The molecule has 1 saturated heterocycles. The zero-order valence-electron chi connectivity index (χ0n) is 12.5. The van der Waals surface area contributed by atoms with Gasteiger partial charge in [0.2, 0.25) is 5.91 Å². The van der Waals surface area contributed by atoms with Crippen LogP contribution in [0.5, 0.6) is 0 Å². The lowest BCUT2D eigenvalue weighted by Gasteiger charge is -2.21. The van der Waals surface area contributed by atoms with Gasteiger partial charge in [0.1, 0.15) is 6.04 Å². The van der Waals surface area contributed by atoms with Crippen molar-refractivity contribution in [3.8, 4) is 0 Å². The molecule has 1 fully saturated rings. The molecule has 0 radical (unpaired) electrons. The van der Waals surface area contributed by atoms with Gasteiger partial charge in [0.05, 0.1) is 6.54 Å². The number of anilines is 1. The molecule has 1 aromatic carbocycles. The van der Waals surface area contributed by atoms with E-state index in [1.54, 1.807) is 4.90 Å². The molecule has 2 N–H and O–H groups in total. The highest BCUT2D eigenvalue weighted by atomic mass is 16.4. The van der Waals surface area contributed by atoms with Crippen LogP contribution in [0.1, 0.15) is 38.2 Å². The number of para-hydroxylation sites is 1. The van der Waals surface area contributed by atoms with E-state index in [1.807, 2.05) is 24.3 Å². The SMILES string of the molecule is CC(C)c1ccccc1NC(=O)CN1CCC[C@H]1C(=O)O. The van der Waals surface area contributed by atoms with Gasteiger partial charge in [-0.25, -0.2) is 0 Å². The first kappa shape index (κ1) is 15.5. The van der Waals surface area contributed by atoms with Crippen molar-refractivity contribution in [3.63, 3.8) is 0 Å². The van der Waals surface area contributed by atoms with Crippen LogP contribution in [0.3, 0.4) is 0 Å². The highest BCUT2D eigenvalue weighted by molar-refractivity contribution is 5.93. The summed E-state index contributed by atoms with van der Waals surface area (Å²) in [4.78, 5) is 25.0. The molecule has 1 aliphatic rings. The lowest BCUT2D eigenvalue weighted by atomic mass is 10.0. The van der Waals surface area contributed by atoms with Crippen LogP contribution in [0.15, 0.2) is 24.3 Å². The molecule has 0 spiro atoms. The van der Waals surface area contributed by atoms with Gasteiger partial charge in [-0.3, -0.25) is 14.5 Å². The first-order chi connectivity index (χ1) is 9.99. The molecule has 0 aromatic heterocycles. The molecule has 1 amide bonds. The predicted molar refractivity (Wildman–Crippen MR) is 81.4 cm³/mol. The van der Waals surface area contributed by atoms with Crippen molar-refractivity contribution in [3.05, 3.63) is 29.8 Å². The van der Waals surface area contributed by atoms with Crippen LogP contribution in [0.25, 0.3) is 0 Å². The minimum absolute atomic E-state index is 0.128. The lowest BCUT2D eigenvalue weighted by Crippen LogP contribution is -2.41. The van der Waals surface area contributed by atoms with Crippen LogP contribution in [-0.2, 0) is 9.59 Å². The Kier molecular flexibility index (Phi) is 4.96. The molecular formula is C16H22N2O3. The highest BCUT2D eigenvalue weighted by Crippen LogP contribution is 2.24. The smallest absolute Gasteiger partial charge is 0.320 e. The molecule has 0 saturated carbocycles. The number of nitrogens with zero attached hydrogens (tertiary/aromatic N) is 1. The van der Waals surface area contributed by atoms with Gasteiger partial charge in [0.25, 0.3) is 0 Å². The van der Waals surface area contributed by atoms with E-state index in [-0.39, 0.29) is 12.5 Å². The summed E-state index contributed by atoms with van der Waals surface area (Å²) in [6.45, 7) is 4.94. The van der Waals surface area contributed by atoms with E-state index in [0.717, 1.165) is 17.7 Å². The van der Waals surface area contributed by atoms with Crippen molar-refractivity contribution in [1.29, 1.82) is 0 Å². The topological polar surface area (TPSA) is 69.6 Å². The zero-order valence-corrected chi connectivity index (χ0v) is 12.5. The number of likely N-dealkylation sites (tertiary alicyclic amines) is 1. The Morgan fingerprint density at radius 1 is 1.38 bits per heavy atom. The number of amides is 1. The van der Waals surface area contributed by atoms with Crippen molar-refractivity contribution in [2.45, 2.75) is 38.6 Å². The van der Waals surface area contributed by atoms with Gasteiger partial charge in [-0.15, -0.1) is 0 Å². The Bertz CT molecular complexity index is 528. The first-order valence-corrected chi connectivity index (χ1v) is 7.34. The molecule has 114 valence electrons. The lowest BCUT2D eigenvalue weighted by molar-refractivity contribution is -0.142. The summed E-state index contributed by atoms with van der Waals surface area (Å²) in [6.07, 6.45) is 1.44. The average Bonchev–Trinajstić information content (AvgIpc) is 2.87. The van der Waals surface area contributed by atoms with E-state index < -0.39 is 12.0 Å². The van der Waals surface area contributed by atoms with Gasteiger partial charge in [-0.05, 0) is 36.9 Å². The van der Waals surface area contributed by atoms with E-state index in [4.69, 9.17) is 5.11 Å². The van der Waals surface area contributed by atoms with Crippen LogP contribution >= 0.6 is 0 Å². The number of hydrogen-bond acceptors (Lipinski definition) is 3. The van der Waals surface area contributed by atoms with Crippen LogP contribution in [0.4, 0.5) is 5.69 Å². The second-order valence-corrected chi connectivity index (χ2v) is 5.76. The maximum absolute atomic E-state index is 12.2. The van der Waals surface area contributed by atoms with Crippen molar-refractivity contribution in [1.82, 2.24) is 4.90 Å². The number of carbonyl (C=O) groups is 2. The average molecular weight is 290 g/mol. The Balaban J connectivity index is 2.01.